The third-order valence-corrected chi connectivity index (χ3v) is 4.53. The van der Waals surface area contributed by atoms with Crippen LogP contribution in [0.5, 0.6) is 11.5 Å². The van der Waals surface area contributed by atoms with Gasteiger partial charge in [0.1, 0.15) is 0 Å². The first-order chi connectivity index (χ1) is 11.3. The third-order valence-electron chi connectivity index (χ3n) is 3.40. The number of hydrogen-bond acceptors (Lipinski definition) is 5. The minimum absolute atomic E-state index is 0.183. The molecular weight excluding hydrogens is 328 g/mol. The third kappa shape index (κ3) is 4.23. The normalized spacial score (nSPS) is 11.5. The molecule has 5 nitrogen and oxygen atoms in total. The summed E-state index contributed by atoms with van der Waals surface area (Å²) in [5, 5.41) is 0. The van der Waals surface area contributed by atoms with Gasteiger partial charge in [-0.05, 0) is 48.0 Å². The number of ether oxygens (including phenoxy) is 2. The molecule has 6 heteroatoms. The Morgan fingerprint density at radius 2 is 1.58 bits per heavy atom. The molecule has 0 aliphatic rings. The first kappa shape index (κ1) is 17.7. The molecule has 0 fully saturated rings. The van der Waals surface area contributed by atoms with Crippen molar-refractivity contribution >= 4 is 21.7 Å². The molecule has 0 heterocycles. The Morgan fingerprint density at radius 3 is 2.12 bits per heavy atom. The highest BCUT2D eigenvalue weighted by molar-refractivity contribution is 7.90. The van der Waals surface area contributed by atoms with Crippen LogP contribution in [-0.4, -0.2) is 34.7 Å². The second-order valence-corrected chi connectivity index (χ2v) is 7.12. The van der Waals surface area contributed by atoms with Gasteiger partial charge in [-0.2, -0.15) is 0 Å². The lowest BCUT2D eigenvalue weighted by Crippen LogP contribution is -1.99. The Bertz CT molecular complexity index is 865. The van der Waals surface area contributed by atoms with E-state index in [1.54, 1.807) is 38.5 Å². The number of rotatable bonds is 6. The summed E-state index contributed by atoms with van der Waals surface area (Å²) in [5.41, 5.74) is 1.20. The topological polar surface area (TPSA) is 69.7 Å². The fourth-order valence-electron chi connectivity index (χ4n) is 2.09. The molecule has 0 saturated heterocycles. The van der Waals surface area contributed by atoms with E-state index in [-0.39, 0.29) is 10.7 Å². The predicted octanol–water partition coefficient (Wildman–Crippen LogP) is 3.00. The van der Waals surface area contributed by atoms with Gasteiger partial charge < -0.3 is 9.47 Å². The van der Waals surface area contributed by atoms with Crippen LogP contribution in [0.2, 0.25) is 0 Å². The Balaban J connectivity index is 2.18. The molecule has 0 aromatic heterocycles. The second kappa shape index (κ2) is 7.31. The number of ketones is 1. The molecule has 0 aliphatic carbocycles. The zero-order chi connectivity index (χ0) is 17.7. The maximum absolute atomic E-state index is 12.2. The average molecular weight is 346 g/mol. The summed E-state index contributed by atoms with van der Waals surface area (Å²) >= 11 is 0. The molecule has 0 aliphatic heterocycles. The molecular formula is C18H18O5S. The van der Waals surface area contributed by atoms with Crippen molar-refractivity contribution in [3.63, 3.8) is 0 Å². The standard InChI is InChI=1S/C18H18O5S/c1-22-17-11-5-13(12-18(17)23-2)4-10-16(19)14-6-8-15(9-7-14)24(3,20)21/h4-12H,1-3H3/b10-4+. The lowest BCUT2D eigenvalue weighted by Gasteiger charge is -2.07. The van der Waals surface area contributed by atoms with E-state index in [2.05, 4.69) is 0 Å². The van der Waals surface area contributed by atoms with E-state index in [0.29, 0.717) is 17.1 Å². The van der Waals surface area contributed by atoms with Gasteiger partial charge >= 0.3 is 0 Å². The number of carbonyl (C=O) groups excluding carboxylic acids is 1. The van der Waals surface area contributed by atoms with Crippen LogP contribution in [0.3, 0.4) is 0 Å². The van der Waals surface area contributed by atoms with Gasteiger partial charge in [0, 0.05) is 11.8 Å². The molecule has 2 rings (SSSR count). The monoisotopic (exact) mass is 346 g/mol. The summed E-state index contributed by atoms with van der Waals surface area (Å²) < 4.78 is 33.2. The largest absolute Gasteiger partial charge is 0.493 e. The van der Waals surface area contributed by atoms with Crippen molar-refractivity contribution in [1.29, 1.82) is 0 Å². The summed E-state index contributed by atoms with van der Waals surface area (Å²) in [6, 6.07) is 11.2. The molecule has 0 atom stereocenters. The van der Waals surface area contributed by atoms with Gasteiger partial charge in [-0.15, -0.1) is 0 Å². The van der Waals surface area contributed by atoms with Gasteiger partial charge in [0.05, 0.1) is 19.1 Å². The zero-order valence-electron chi connectivity index (χ0n) is 13.6. The van der Waals surface area contributed by atoms with Gasteiger partial charge in [-0.3, -0.25) is 4.79 Å². The molecule has 24 heavy (non-hydrogen) atoms. The van der Waals surface area contributed by atoms with Crippen LogP contribution in [0, 0.1) is 0 Å². The highest BCUT2D eigenvalue weighted by Crippen LogP contribution is 2.28. The first-order valence-corrected chi connectivity index (χ1v) is 8.99. The van der Waals surface area contributed by atoms with E-state index in [9.17, 15) is 13.2 Å². The smallest absolute Gasteiger partial charge is 0.185 e. The maximum atomic E-state index is 12.2. The molecule has 0 bridgehead atoms. The van der Waals surface area contributed by atoms with Gasteiger partial charge in [0.15, 0.2) is 27.1 Å². The predicted molar refractivity (Wildman–Crippen MR) is 92.5 cm³/mol. The second-order valence-electron chi connectivity index (χ2n) is 5.11. The Hall–Kier alpha value is -2.60. The van der Waals surface area contributed by atoms with Crippen molar-refractivity contribution in [2.45, 2.75) is 4.90 Å². The first-order valence-electron chi connectivity index (χ1n) is 7.09. The number of benzene rings is 2. The van der Waals surface area contributed by atoms with Gasteiger partial charge in [0.25, 0.3) is 0 Å². The van der Waals surface area contributed by atoms with Gasteiger partial charge in [-0.25, -0.2) is 8.42 Å². The molecule has 0 spiro atoms. The fraction of sp³-hybridized carbons (Fsp3) is 0.167. The Morgan fingerprint density at radius 1 is 0.958 bits per heavy atom. The van der Waals surface area contributed by atoms with Crippen molar-refractivity contribution in [2.75, 3.05) is 20.5 Å². The highest BCUT2D eigenvalue weighted by atomic mass is 32.2. The summed E-state index contributed by atoms with van der Waals surface area (Å²) in [4.78, 5) is 12.3. The van der Waals surface area contributed by atoms with Crippen LogP contribution in [0.4, 0.5) is 0 Å². The minimum atomic E-state index is -3.27. The summed E-state index contributed by atoms with van der Waals surface area (Å²) in [6.45, 7) is 0. The van der Waals surface area contributed by atoms with E-state index in [1.165, 1.54) is 30.3 Å². The number of sulfone groups is 1. The number of carbonyl (C=O) groups is 1. The summed E-state index contributed by atoms with van der Waals surface area (Å²) in [5.74, 6) is 0.965. The summed E-state index contributed by atoms with van der Waals surface area (Å²) in [7, 11) is -0.176. The van der Waals surface area contributed by atoms with Crippen molar-refractivity contribution in [1.82, 2.24) is 0 Å². The van der Waals surface area contributed by atoms with E-state index in [4.69, 9.17) is 9.47 Å². The van der Waals surface area contributed by atoms with Crippen molar-refractivity contribution < 1.29 is 22.7 Å². The Labute approximate surface area is 141 Å². The molecule has 0 saturated carbocycles. The lowest BCUT2D eigenvalue weighted by atomic mass is 10.1. The van der Waals surface area contributed by atoms with Crippen LogP contribution in [0.25, 0.3) is 6.08 Å². The van der Waals surface area contributed by atoms with E-state index in [0.717, 1.165) is 11.8 Å². The molecule has 0 amide bonds. The van der Waals surface area contributed by atoms with E-state index >= 15 is 0 Å². The quantitative estimate of drug-likeness (QED) is 0.594. The number of allylic oxidation sites excluding steroid dienone is 1. The van der Waals surface area contributed by atoms with Crippen LogP contribution < -0.4 is 9.47 Å². The van der Waals surface area contributed by atoms with Gasteiger partial charge in [0.2, 0.25) is 0 Å². The zero-order valence-corrected chi connectivity index (χ0v) is 14.5. The van der Waals surface area contributed by atoms with Crippen LogP contribution in [0.1, 0.15) is 15.9 Å². The molecule has 2 aromatic carbocycles. The Kier molecular flexibility index (Phi) is 5.41. The molecule has 0 N–H and O–H groups in total. The fourth-order valence-corrected chi connectivity index (χ4v) is 2.72. The maximum Gasteiger partial charge on any atom is 0.185 e. The average Bonchev–Trinajstić information content (AvgIpc) is 2.58. The van der Waals surface area contributed by atoms with E-state index in [1.807, 2.05) is 0 Å². The molecule has 2 aromatic rings. The summed E-state index contributed by atoms with van der Waals surface area (Å²) in [6.07, 6.45) is 4.21. The van der Waals surface area contributed by atoms with Gasteiger partial charge in [-0.1, -0.05) is 12.1 Å². The number of methoxy groups -OCH3 is 2. The number of hydrogen-bond donors (Lipinski definition) is 0. The molecule has 0 unspecified atom stereocenters. The SMILES string of the molecule is COc1ccc(/C=C/C(=O)c2ccc(S(C)(=O)=O)cc2)cc1OC. The molecule has 126 valence electrons. The lowest BCUT2D eigenvalue weighted by molar-refractivity contribution is 0.104. The van der Waals surface area contributed by atoms with Crippen molar-refractivity contribution in [3.8, 4) is 11.5 Å². The van der Waals surface area contributed by atoms with Crippen molar-refractivity contribution in [2.24, 2.45) is 0 Å². The van der Waals surface area contributed by atoms with E-state index < -0.39 is 9.84 Å². The van der Waals surface area contributed by atoms with Crippen molar-refractivity contribution in [3.05, 3.63) is 59.7 Å². The van der Waals surface area contributed by atoms with Crippen LogP contribution in [0.15, 0.2) is 53.4 Å². The highest BCUT2D eigenvalue weighted by Gasteiger charge is 2.08. The minimum Gasteiger partial charge on any atom is -0.493 e. The molecule has 0 radical (unpaired) electrons. The van der Waals surface area contributed by atoms with Crippen LogP contribution in [-0.2, 0) is 9.84 Å². The van der Waals surface area contributed by atoms with Crippen LogP contribution >= 0.6 is 0 Å².